The van der Waals surface area contributed by atoms with Crippen LogP contribution in [0.2, 0.25) is 0 Å². The molecular formula is C9H6F6O2. The molecule has 0 saturated carbocycles. The molecule has 8 heteroatoms. The first kappa shape index (κ1) is 13.5. The van der Waals surface area contributed by atoms with Crippen molar-refractivity contribution in [2.45, 2.75) is 12.5 Å². The van der Waals surface area contributed by atoms with E-state index in [1.807, 2.05) is 0 Å². The highest BCUT2D eigenvalue weighted by Crippen LogP contribution is 2.36. The number of rotatable bonds is 2. The van der Waals surface area contributed by atoms with Gasteiger partial charge < -0.3 is 9.47 Å². The molecule has 0 N–H and O–H groups in total. The SMILES string of the molecule is COc1cc(OC(F)(F)F)cc(C(F)(F)F)c1. The van der Waals surface area contributed by atoms with Gasteiger partial charge in [-0.3, -0.25) is 0 Å². The average Bonchev–Trinajstić information content (AvgIpc) is 2.13. The fourth-order valence-electron chi connectivity index (χ4n) is 1.05. The minimum Gasteiger partial charge on any atom is -0.497 e. The van der Waals surface area contributed by atoms with Crippen LogP contribution in [-0.2, 0) is 6.18 Å². The second-order valence-electron chi connectivity index (χ2n) is 2.94. The molecule has 1 rings (SSSR count). The van der Waals surface area contributed by atoms with Crippen molar-refractivity contribution in [1.29, 1.82) is 0 Å². The Hall–Kier alpha value is -1.60. The van der Waals surface area contributed by atoms with Gasteiger partial charge in [0, 0.05) is 6.07 Å². The van der Waals surface area contributed by atoms with E-state index in [0.29, 0.717) is 12.1 Å². The number of halogens is 6. The van der Waals surface area contributed by atoms with E-state index in [1.54, 1.807) is 0 Å². The second kappa shape index (κ2) is 4.34. The zero-order chi connectivity index (χ0) is 13.3. The number of hydrogen-bond acceptors (Lipinski definition) is 2. The molecular weight excluding hydrogens is 254 g/mol. The summed E-state index contributed by atoms with van der Waals surface area (Å²) in [6.45, 7) is 0. The molecule has 0 amide bonds. The van der Waals surface area contributed by atoms with Gasteiger partial charge in [0.05, 0.1) is 12.7 Å². The summed E-state index contributed by atoms with van der Waals surface area (Å²) in [4.78, 5) is 0. The molecule has 0 fully saturated rings. The highest BCUT2D eigenvalue weighted by atomic mass is 19.4. The number of hydrogen-bond donors (Lipinski definition) is 0. The van der Waals surface area contributed by atoms with Crippen LogP contribution >= 0.6 is 0 Å². The lowest BCUT2D eigenvalue weighted by molar-refractivity contribution is -0.274. The predicted molar refractivity (Wildman–Crippen MR) is 44.7 cm³/mol. The summed E-state index contributed by atoms with van der Waals surface area (Å²) >= 11 is 0. The molecule has 0 saturated heterocycles. The van der Waals surface area contributed by atoms with E-state index in [9.17, 15) is 26.3 Å². The lowest BCUT2D eigenvalue weighted by Crippen LogP contribution is -2.17. The largest absolute Gasteiger partial charge is 0.573 e. The van der Waals surface area contributed by atoms with Crippen LogP contribution in [0.15, 0.2) is 18.2 Å². The van der Waals surface area contributed by atoms with Gasteiger partial charge in [0.15, 0.2) is 0 Å². The van der Waals surface area contributed by atoms with Gasteiger partial charge in [-0.1, -0.05) is 0 Å². The first-order valence-electron chi connectivity index (χ1n) is 4.14. The first-order chi connectivity index (χ1) is 7.62. The summed E-state index contributed by atoms with van der Waals surface area (Å²) in [5, 5.41) is 0. The van der Waals surface area contributed by atoms with Crippen molar-refractivity contribution < 1.29 is 35.8 Å². The van der Waals surface area contributed by atoms with Gasteiger partial charge in [-0.05, 0) is 12.1 Å². The maximum Gasteiger partial charge on any atom is 0.573 e. The summed E-state index contributed by atoms with van der Waals surface area (Å²) in [5.41, 5.74) is -1.28. The third-order valence-corrected chi connectivity index (χ3v) is 1.68. The predicted octanol–water partition coefficient (Wildman–Crippen LogP) is 3.61. The van der Waals surface area contributed by atoms with Gasteiger partial charge in [0.1, 0.15) is 11.5 Å². The molecule has 0 unspecified atom stereocenters. The number of benzene rings is 1. The average molecular weight is 260 g/mol. The molecule has 1 aromatic rings. The quantitative estimate of drug-likeness (QED) is 0.756. The van der Waals surface area contributed by atoms with Crippen molar-refractivity contribution in [1.82, 2.24) is 0 Å². The fourth-order valence-corrected chi connectivity index (χ4v) is 1.05. The summed E-state index contributed by atoms with van der Waals surface area (Å²) in [6, 6.07) is 1.53. The molecule has 0 radical (unpaired) electrons. The summed E-state index contributed by atoms with van der Waals surface area (Å²) in [5.74, 6) is -1.36. The van der Waals surface area contributed by atoms with Crippen LogP contribution in [0.5, 0.6) is 11.5 Å². The third-order valence-electron chi connectivity index (χ3n) is 1.68. The minimum absolute atomic E-state index is 0.246. The van der Waals surface area contributed by atoms with Gasteiger partial charge in [-0.25, -0.2) is 0 Å². The Morgan fingerprint density at radius 2 is 1.41 bits per heavy atom. The molecule has 17 heavy (non-hydrogen) atoms. The van der Waals surface area contributed by atoms with Crippen LogP contribution in [0.3, 0.4) is 0 Å². The molecule has 0 atom stereocenters. The third kappa shape index (κ3) is 4.04. The molecule has 0 aliphatic carbocycles. The van der Waals surface area contributed by atoms with Crippen LogP contribution in [0.25, 0.3) is 0 Å². The zero-order valence-corrected chi connectivity index (χ0v) is 8.32. The molecule has 2 nitrogen and oxygen atoms in total. The van der Waals surface area contributed by atoms with Crippen molar-refractivity contribution >= 4 is 0 Å². The van der Waals surface area contributed by atoms with Gasteiger partial charge in [-0.2, -0.15) is 13.2 Å². The summed E-state index contributed by atoms with van der Waals surface area (Å²) in [6.07, 6.45) is -9.84. The minimum atomic E-state index is -5.06. The Morgan fingerprint density at radius 3 is 1.82 bits per heavy atom. The van der Waals surface area contributed by atoms with E-state index in [-0.39, 0.29) is 11.8 Å². The molecule has 0 aliphatic heterocycles. The summed E-state index contributed by atoms with van der Waals surface area (Å²) < 4.78 is 80.4. The van der Waals surface area contributed by atoms with Crippen LogP contribution in [0.1, 0.15) is 5.56 Å². The van der Waals surface area contributed by atoms with Crippen molar-refractivity contribution in [3.63, 3.8) is 0 Å². The van der Waals surface area contributed by atoms with Gasteiger partial charge in [0.2, 0.25) is 0 Å². The van der Waals surface area contributed by atoms with Gasteiger partial charge >= 0.3 is 12.5 Å². The molecule has 1 aromatic carbocycles. The number of alkyl halides is 6. The number of methoxy groups -OCH3 is 1. The van der Waals surface area contributed by atoms with Gasteiger partial charge in [-0.15, -0.1) is 13.2 Å². The van der Waals surface area contributed by atoms with Crippen LogP contribution < -0.4 is 9.47 Å². The molecule has 0 heterocycles. The van der Waals surface area contributed by atoms with Gasteiger partial charge in [0.25, 0.3) is 0 Å². The van der Waals surface area contributed by atoms with Crippen molar-refractivity contribution in [3.05, 3.63) is 23.8 Å². The highest BCUT2D eigenvalue weighted by Gasteiger charge is 2.35. The number of ether oxygens (including phenoxy) is 2. The van der Waals surface area contributed by atoms with E-state index >= 15 is 0 Å². The standard InChI is InChI=1S/C9H6F6O2/c1-16-6-2-5(8(10,11)12)3-7(4-6)17-9(13,14)15/h2-4H,1H3. The smallest absolute Gasteiger partial charge is 0.497 e. The van der Waals surface area contributed by atoms with Crippen molar-refractivity contribution in [2.24, 2.45) is 0 Å². The zero-order valence-electron chi connectivity index (χ0n) is 8.32. The summed E-state index contributed by atoms with van der Waals surface area (Å²) in [7, 11) is 1.03. The molecule has 0 aliphatic rings. The topological polar surface area (TPSA) is 18.5 Å². The Labute approximate surface area is 91.7 Å². The van der Waals surface area contributed by atoms with Crippen molar-refractivity contribution in [3.8, 4) is 11.5 Å². The van der Waals surface area contributed by atoms with Crippen LogP contribution in [-0.4, -0.2) is 13.5 Å². The van der Waals surface area contributed by atoms with E-state index in [2.05, 4.69) is 9.47 Å². The lowest BCUT2D eigenvalue weighted by atomic mass is 10.2. The Morgan fingerprint density at radius 1 is 0.882 bits per heavy atom. The maximum absolute atomic E-state index is 12.3. The van der Waals surface area contributed by atoms with Crippen LogP contribution in [0.4, 0.5) is 26.3 Å². The molecule has 96 valence electrons. The second-order valence-corrected chi connectivity index (χ2v) is 2.94. The monoisotopic (exact) mass is 260 g/mol. The molecule has 0 bridgehead atoms. The van der Waals surface area contributed by atoms with Crippen LogP contribution in [0, 0.1) is 0 Å². The lowest BCUT2D eigenvalue weighted by Gasteiger charge is -2.13. The Kier molecular flexibility index (Phi) is 3.44. The Balaban J connectivity index is 3.15. The fraction of sp³-hybridized carbons (Fsp3) is 0.333. The maximum atomic E-state index is 12.3. The molecule has 0 aromatic heterocycles. The Bertz CT molecular complexity index is 395. The molecule has 0 spiro atoms. The van der Waals surface area contributed by atoms with Crippen molar-refractivity contribution in [2.75, 3.05) is 7.11 Å². The normalized spacial score (nSPS) is 12.4. The van der Waals surface area contributed by atoms with E-state index in [4.69, 9.17) is 0 Å². The van der Waals surface area contributed by atoms with E-state index in [1.165, 1.54) is 0 Å². The van der Waals surface area contributed by atoms with E-state index < -0.39 is 23.9 Å². The first-order valence-corrected chi connectivity index (χ1v) is 4.14. The highest BCUT2D eigenvalue weighted by molar-refractivity contribution is 5.39. The van der Waals surface area contributed by atoms with E-state index in [0.717, 1.165) is 7.11 Å².